The van der Waals surface area contributed by atoms with Gasteiger partial charge in [0.2, 0.25) is 0 Å². The van der Waals surface area contributed by atoms with Crippen molar-refractivity contribution in [1.29, 1.82) is 0 Å². The number of aliphatic carboxylic acids is 1. The molecule has 1 fully saturated rings. The van der Waals surface area contributed by atoms with E-state index in [0.29, 0.717) is 5.56 Å². The van der Waals surface area contributed by atoms with Crippen molar-refractivity contribution in [3.8, 4) is 0 Å². The summed E-state index contributed by atoms with van der Waals surface area (Å²) in [6.45, 7) is 0. The van der Waals surface area contributed by atoms with E-state index in [2.05, 4.69) is 10.3 Å². The minimum Gasteiger partial charge on any atom is -0.480 e. The lowest BCUT2D eigenvalue weighted by Gasteiger charge is -2.14. The molecule has 1 aliphatic rings. The number of carboxylic acids is 1. The minimum atomic E-state index is -0.978. The molecule has 1 heterocycles. The number of nitrogens with one attached hydrogen (secondary N) is 1. The molecule has 1 amide bonds. The molecule has 6 heteroatoms. The maximum Gasteiger partial charge on any atom is 0.326 e. The quantitative estimate of drug-likeness (QED) is 0.818. The van der Waals surface area contributed by atoms with Gasteiger partial charge in [0.05, 0.1) is 5.56 Å². The highest BCUT2D eigenvalue weighted by Crippen LogP contribution is 2.32. The Morgan fingerprint density at radius 2 is 2.11 bits per heavy atom. The van der Waals surface area contributed by atoms with Crippen LogP contribution in [0.1, 0.15) is 23.2 Å². The molecule has 0 bridgehead atoms. The molecule has 1 saturated carbocycles. The molecule has 0 spiro atoms. The number of carboxylic acid groups (broad SMARTS) is 1. The predicted octanol–water partition coefficient (Wildman–Crippen LogP) is 0.741. The highest BCUT2D eigenvalue weighted by molar-refractivity contribution is 5.96. The molecular weight excluding hydrogens is 246 g/mol. The van der Waals surface area contributed by atoms with Crippen molar-refractivity contribution in [1.82, 2.24) is 10.3 Å². The van der Waals surface area contributed by atoms with Crippen molar-refractivity contribution in [2.75, 3.05) is 19.0 Å². The summed E-state index contributed by atoms with van der Waals surface area (Å²) in [6.07, 6.45) is 3.17. The lowest BCUT2D eigenvalue weighted by Crippen LogP contribution is -2.42. The number of carbonyl (C=O) groups is 2. The molecule has 1 unspecified atom stereocenters. The Balaban J connectivity index is 2.04. The molecule has 1 aromatic rings. The first-order valence-corrected chi connectivity index (χ1v) is 6.16. The van der Waals surface area contributed by atoms with Gasteiger partial charge in [0.15, 0.2) is 0 Å². The first-order valence-electron chi connectivity index (χ1n) is 6.16. The van der Waals surface area contributed by atoms with E-state index in [0.717, 1.165) is 18.7 Å². The van der Waals surface area contributed by atoms with E-state index >= 15 is 0 Å². The van der Waals surface area contributed by atoms with Crippen molar-refractivity contribution >= 4 is 17.7 Å². The van der Waals surface area contributed by atoms with Gasteiger partial charge in [0, 0.05) is 20.3 Å². The number of nitrogens with zero attached hydrogens (tertiary/aromatic N) is 2. The average Bonchev–Trinajstić information content (AvgIpc) is 3.19. The van der Waals surface area contributed by atoms with Gasteiger partial charge in [-0.05, 0) is 30.9 Å². The Kier molecular flexibility index (Phi) is 3.69. The molecule has 6 nitrogen and oxygen atoms in total. The summed E-state index contributed by atoms with van der Waals surface area (Å²) in [5.74, 6) is -0.560. The molecule has 102 valence electrons. The first kappa shape index (κ1) is 13.3. The molecule has 19 heavy (non-hydrogen) atoms. The maximum absolute atomic E-state index is 11.9. The van der Waals surface area contributed by atoms with Gasteiger partial charge < -0.3 is 15.3 Å². The van der Waals surface area contributed by atoms with Crippen LogP contribution in [0, 0.1) is 5.92 Å². The number of hydrogen-bond acceptors (Lipinski definition) is 4. The van der Waals surface area contributed by atoms with Crippen LogP contribution in [0.3, 0.4) is 0 Å². The van der Waals surface area contributed by atoms with Crippen LogP contribution in [0.5, 0.6) is 0 Å². The number of aromatic nitrogens is 1. The Hall–Kier alpha value is -2.11. The number of carbonyl (C=O) groups excluding carboxylic acids is 1. The minimum absolute atomic E-state index is 0.0652. The summed E-state index contributed by atoms with van der Waals surface area (Å²) in [4.78, 5) is 29.0. The van der Waals surface area contributed by atoms with Crippen molar-refractivity contribution in [3.63, 3.8) is 0 Å². The van der Waals surface area contributed by atoms with Gasteiger partial charge in [0.1, 0.15) is 11.9 Å². The van der Waals surface area contributed by atoms with Gasteiger partial charge in [-0.3, -0.25) is 4.79 Å². The Labute approximate surface area is 111 Å². The second-order valence-corrected chi connectivity index (χ2v) is 4.93. The smallest absolute Gasteiger partial charge is 0.326 e. The van der Waals surface area contributed by atoms with E-state index < -0.39 is 17.9 Å². The van der Waals surface area contributed by atoms with Crippen molar-refractivity contribution in [2.45, 2.75) is 18.9 Å². The van der Waals surface area contributed by atoms with Crippen LogP contribution in [-0.4, -0.2) is 42.1 Å². The van der Waals surface area contributed by atoms with E-state index in [9.17, 15) is 9.59 Å². The van der Waals surface area contributed by atoms with Crippen LogP contribution in [-0.2, 0) is 4.79 Å². The molecule has 0 saturated heterocycles. The SMILES string of the molecule is CN(C)c1ccc(C(=O)NC(C(=O)O)C2CC2)cn1. The van der Waals surface area contributed by atoms with Crippen LogP contribution < -0.4 is 10.2 Å². The Bertz CT molecular complexity index is 480. The van der Waals surface area contributed by atoms with Crippen LogP contribution in [0.25, 0.3) is 0 Å². The number of anilines is 1. The lowest BCUT2D eigenvalue weighted by atomic mass is 10.1. The third kappa shape index (κ3) is 3.21. The second kappa shape index (κ2) is 5.26. The number of pyridine rings is 1. The molecule has 1 atom stereocenters. The highest BCUT2D eigenvalue weighted by atomic mass is 16.4. The van der Waals surface area contributed by atoms with E-state index in [1.807, 2.05) is 19.0 Å². The standard InChI is InChI=1S/C13H17N3O3/c1-16(2)10-6-5-9(7-14-10)12(17)15-11(13(18)19)8-3-4-8/h5-8,11H,3-4H2,1-2H3,(H,15,17)(H,18,19). The summed E-state index contributed by atoms with van der Waals surface area (Å²) in [7, 11) is 3.71. The zero-order chi connectivity index (χ0) is 14.0. The molecule has 2 rings (SSSR count). The summed E-state index contributed by atoms with van der Waals surface area (Å²) in [5.41, 5.74) is 0.373. The maximum atomic E-state index is 11.9. The molecule has 0 radical (unpaired) electrons. The molecule has 1 aliphatic carbocycles. The van der Waals surface area contributed by atoms with Gasteiger partial charge in [-0.25, -0.2) is 9.78 Å². The van der Waals surface area contributed by atoms with Crippen molar-refractivity contribution in [2.24, 2.45) is 5.92 Å². The number of rotatable bonds is 5. The van der Waals surface area contributed by atoms with Crippen LogP contribution >= 0.6 is 0 Å². The van der Waals surface area contributed by atoms with Gasteiger partial charge in [-0.15, -0.1) is 0 Å². The van der Waals surface area contributed by atoms with Crippen molar-refractivity contribution < 1.29 is 14.7 Å². The van der Waals surface area contributed by atoms with Gasteiger partial charge in [-0.2, -0.15) is 0 Å². The van der Waals surface area contributed by atoms with Crippen LogP contribution in [0.4, 0.5) is 5.82 Å². The van der Waals surface area contributed by atoms with E-state index in [-0.39, 0.29) is 5.92 Å². The van der Waals surface area contributed by atoms with Gasteiger partial charge in [-0.1, -0.05) is 0 Å². The number of amides is 1. The first-order chi connectivity index (χ1) is 8.99. The fourth-order valence-corrected chi connectivity index (χ4v) is 1.82. The second-order valence-electron chi connectivity index (χ2n) is 4.93. The highest BCUT2D eigenvalue weighted by Gasteiger charge is 2.37. The average molecular weight is 263 g/mol. The van der Waals surface area contributed by atoms with Crippen molar-refractivity contribution in [3.05, 3.63) is 23.9 Å². The zero-order valence-electron chi connectivity index (χ0n) is 11.0. The summed E-state index contributed by atoms with van der Waals surface area (Å²) in [6, 6.07) is 2.58. The zero-order valence-corrected chi connectivity index (χ0v) is 11.0. The van der Waals surface area contributed by atoms with E-state index in [4.69, 9.17) is 5.11 Å². The molecule has 1 aromatic heterocycles. The third-order valence-corrected chi connectivity index (χ3v) is 3.11. The van der Waals surface area contributed by atoms with E-state index in [1.165, 1.54) is 6.20 Å². The molecule has 2 N–H and O–H groups in total. The molecule has 0 aromatic carbocycles. The summed E-state index contributed by atoms with van der Waals surface area (Å²) in [5, 5.41) is 11.6. The Morgan fingerprint density at radius 3 is 2.53 bits per heavy atom. The largest absolute Gasteiger partial charge is 0.480 e. The Morgan fingerprint density at radius 1 is 1.42 bits per heavy atom. The van der Waals surface area contributed by atoms with Gasteiger partial charge >= 0.3 is 5.97 Å². The topological polar surface area (TPSA) is 82.5 Å². The fourth-order valence-electron chi connectivity index (χ4n) is 1.82. The van der Waals surface area contributed by atoms with Gasteiger partial charge in [0.25, 0.3) is 5.91 Å². The fraction of sp³-hybridized carbons (Fsp3) is 0.462. The lowest BCUT2D eigenvalue weighted by molar-refractivity contribution is -0.139. The predicted molar refractivity (Wildman–Crippen MR) is 70.2 cm³/mol. The van der Waals surface area contributed by atoms with Crippen LogP contribution in [0.2, 0.25) is 0 Å². The monoisotopic (exact) mass is 263 g/mol. The molecule has 0 aliphatic heterocycles. The summed E-state index contributed by atoms with van der Waals surface area (Å²) < 4.78 is 0. The molecular formula is C13H17N3O3. The van der Waals surface area contributed by atoms with E-state index in [1.54, 1.807) is 12.1 Å². The third-order valence-electron chi connectivity index (χ3n) is 3.11. The van der Waals surface area contributed by atoms with Crippen LogP contribution in [0.15, 0.2) is 18.3 Å². The number of hydrogen-bond donors (Lipinski definition) is 2. The normalized spacial score (nSPS) is 15.7. The summed E-state index contributed by atoms with van der Waals surface area (Å²) >= 11 is 0.